The lowest BCUT2D eigenvalue weighted by molar-refractivity contribution is 0.0525. The number of nitriles is 1. The van der Waals surface area contributed by atoms with Crippen molar-refractivity contribution < 1.29 is 19.0 Å². The number of hydrogen-bond donors (Lipinski definition) is 0. The highest BCUT2D eigenvalue weighted by atomic mass is 16.5. The molecule has 146 valence electrons. The van der Waals surface area contributed by atoms with Gasteiger partial charge in [-0.1, -0.05) is 12.1 Å². The van der Waals surface area contributed by atoms with Gasteiger partial charge in [0.05, 0.1) is 24.8 Å². The second-order valence-electron chi connectivity index (χ2n) is 5.98. The van der Waals surface area contributed by atoms with E-state index in [4.69, 9.17) is 14.2 Å². The van der Waals surface area contributed by atoms with Crippen LogP contribution in [0.1, 0.15) is 28.4 Å². The number of carbonyl (C=O) groups excluding carboxylic acids is 1. The predicted octanol–water partition coefficient (Wildman–Crippen LogP) is 3.78. The maximum Gasteiger partial charge on any atom is 0.341 e. The smallest absolute Gasteiger partial charge is 0.341 e. The van der Waals surface area contributed by atoms with Crippen LogP contribution in [0, 0.1) is 11.3 Å². The summed E-state index contributed by atoms with van der Waals surface area (Å²) < 4.78 is 15.8. The molecule has 7 nitrogen and oxygen atoms in total. The lowest BCUT2D eigenvalue weighted by Gasteiger charge is -2.10. The third-order valence-electron chi connectivity index (χ3n) is 4.07. The monoisotopic (exact) mass is 389 g/mol. The average molecular weight is 389 g/mol. The number of esters is 1. The maximum atomic E-state index is 11.7. The van der Waals surface area contributed by atoms with Gasteiger partial charge in [-0.15, -0.1) is 0 Å². The fourth-order valence-electron chi connectivity index (χ4n) is 2.56. The van der Waals surface area contributed by atoms with Crippen molar-refractivity contribution in [1.29, 1.82) is 5.26 Å². The van der Waals surface area contributed by atoms with Gasteiger partial charge >= 0.3 is 5.97 Å². The minimum Gasteiger partial charge on any atom is -0.497 e. The molecule has 0 unspecified atom stereocenters. The van der Waals surface area contributed by atoms with Crippen molar-refractivity contribution in [1.82, 2.24) is 9.97 Å². The molecule has 0 saturated carbocycles. The van der Waals surface area contributed by atoms with E-state index in [0.717, 1.165) is 11.3 Å². The van der Waals surface area contributed by atoms with Gasteiger partial charge in [0, 0.05) is 18.0 Å². The van der Waals surface area contributed by atoms with Crippen LogP contribution in [0.3, 0.4) is 0 Å². The van der Waals surface area contributed by atoms with Crippen LogP contribution >= 0.6 is 0 Å². The second-order valence-corrected chi connectivity index (χ2v) is 5.98. The van der Waals surface area contributed by atoms with Crippen LogP contribution in [0.2, 0.25) is 0 Å². The molecular weight excluding hydrogens is 370 g/mol. The van der Waals surface area contributed by atoms with Crippen molar-refractivity contribution in [3.05, 3.63) is 71.5 Å². The Morgan fingerprint density at radius 1 is 1.10 bits per heavy atom. The molecule has 1 heterocycles. The van der Waals surface area contributed by atoms with Crippen LogP contribution in [0.4, 0.5) is 0 Å². The standard InChI is InChI=1S/C22H19N3O4/c1-3-28-22(26)18-12-24-21(25-13-18)16-6-9-20(17(10-16)11-23)29-14-15-4-7-19(27-2)8-5-15/h4-10,12-13H,3,14H2,1-2H3. The molecule has 0 amide bonds. The average Bonchev–Trinajstić information content (AvgIpc) is 2.78. The van der Waals surface area contributed by atoms with Crippen LogP contribution in [0.25, 0.3) is 11.4 Å². The largest absolute Gasteiger partial charge is 0.497 e. The molecule has 3 aromatic rings. The zero-order chi connectivity index (χ0) is 20.6. The summed E-state index contributed by atoms with van der Waals surface area (Å²) in [7, 11) is 1.61. The molecule has 3 rings (SSSR count). The highest BCUT2D eigenvalue weighted by Gasteiger charge is 2.11. The number of methoxy groups -OCH3 is 1. The molecule has 0 aliphatic carbocycles. The van der Waals surface area contributed by atoms with E-state index in [1.807, 2.05) is 24.3 Å². The Kier molecular flexibility index (Phi) is 6.38. The Morgan fingerprint density at radius 3 is 2.45 bits per heavy atom. The molecule has 0 aliphatic heterocycles. The number of carbonyl (C=O) groups is 1. The van der Waals surface area contributed by atoms with Crippen LogP contribution in [-0.2, 0) is 11.3 Å². The summed E-state index contributed by atoms with van der Waals surface area (Å²) in [6.45, 7) is 2.33. The van der Waals surface area contributed by atoms with E-state index >= 15 is 0 Å². The van der Waals surface area contributed by atoms with Crippen LogP contribution in [-0.4, -0.2) is 29.7 Å². The minimum atomic E-state index is -0.473. The van der Waals surface area contributed by atoms with E-state index in [1.165, 1.54) is 12.4 Å². The number of rotatable bonds is 7. The molecule has 1 aromatic heterocycles. The minimum absolute atomic E-state index is 0.274. The van der Waals surface area contributed by atoms with Crippen molar-refractivity contribution in [2.45, 2.75) is 13.5 Å². The van der Waals surface area contributed by atoms with Gasteiger partial charge in [-0.05, 0) is 42.8 Å². The number of nitrogens with zero attached hydrogens (tertiary/aromatic N) is 3. The zero-order valence-electron chi connectivity index (χ0n) is 16.1. The lowest BCUT2D eigenvalue weighted by atomic mass is 10.1. The van der Waals surface area contributed by atoms with E-state index in [2.05, 4.69) is 16.0 Å². The van der Waals surface area contributed by atoms with Crippen molar-refractivity contribution in [3.63, 3.8) is 0 Å². The van der Waals surface area contributed by atoms with Gasteiger partial charge in [0.15, 0.2) is 5.82 Å². The first-order valence-electron chi connectivity index (χ1n) is 8.94. The van der Waals surface area contributed by atoms with Crippen molar-refractivity contribution in [3.8, 4) is 29.0 Å². The number of ether oxygens (including phenoxy) is 3. The molecule has 0 radical (unpaired) electrons. The summed E-state index contributed by atoms with van der Waals surface area (Å²) in [4.78, 5) is 20.1. The van der Waals surface area contributed by atoms with Crippen LogP contribution in [0.5, 0.6) is 11.5 Å². The molecule has 0 atom stereocenters. The van der Waals surface area contributed by atoms with E-state index in [0.29, 0.717) is 29.3 Å². The highest BCUT2D eigenvalue weighted by molar-refractivity contribution is 5.88. The van der Waals surface area contributed by atoms with Crippen LogP contribution < -0.4 is 9.47 Å². The molecule has 0 bridgehead atoms. The van der Waals surface area contributed by atoms with E-state index in [1.54, 1.807) is 32.2 Å². The lowest BCUT2D eigenvalue weighted by Crippen LogP contribution is -2.06. The van der Waals surface area contributed by atoms with Crippen molar-refractivity contribution >= 4 is 5.97 Å². The normalized spacial score (nSPS) is 10.1. The zero-order valence-corrected chi connectivity index (χ0v) is 16.1. The van der Waals surface area contributed by atoms with Crippen molar-refractivity contribution in [2.24, 2.45) is 0 Å². The molecule has 2 aromatic carbocycles. The second kappa shape index (κ2) is 9.33. The third kappa shape index (κ3) is 4.87. The van der Waals surface area contributed by atoms with Gasteiger partial charge in [0.25, 0.3) is 0 Å². The molecule has 0 N–H and O–H groups in total. The fourth-order valence-corrected chi connectivity index (χ4v) is 2.56. The SMILES string of the molecule is CCOC(=O)c1cnc(-c2ccc(OCc3ccc(OC)cc3)c(C#N)c2)nc1. The fraction of sp³-hybridized carbons (Fsp3) is 0.182. The Labute approximate surface area is 168 Å². The van der Waals surface area contributed by atoms with Gasteiger partial charge < -0.3 is 14.2 Å². The number of hydrogen-bond acceptors (Lipinski definition) is 7. The highest BCUT2D eigenvalue weighted by Crippen LogP contribution is 2.25. The van der Waals surface area contributed by atoms with Gasteiger partial charge in [-0.2, -0.15) is 5.26 Å². The Morgan fingerprint density at radius 2 is 1.83 bits per heavy atom. The van der Waals surface area contributed by atoms with Crippen molar-refractivity contribution in [2.75, 3.05) is 13.7 Å². The number of aromatic nitrogens is 2. The Balaban J connectivity index is 1.74. The van der Waals surface area contributed by atoms with Gasteiger partial charge in [0.1, 0.15) is 24.2 Å². The molecule has 7 heteroatoms. The quantitative estimate of drug-likeness (QED) is 0.568. The molecule has 0 fully saturated rings. The molecule has 29 heavy (non-hydrogen) atoms. The summed E-state index contributed by atoms with van der Waals surface area (Å²) in [6.07, 6.45) is 2.81. The van der Waals surface area contributed by atoms with Gasteiger partial charge in [-0.3, -0.25) is 0 Å². The first-order chi connectivity index (χ1) is 14.1. The van der Waals surface area contributed by atoms with E-state index < -0.39 is 5.97 Å². The van der Waals surface area contributed by atoms with Crippen LogP contribution in [0.15, 0.2) is 54.9 Å². The Hall–Kier alpha value is -3.92. The topological polar surface area (TPSA) is 94.3 Å². The Bertz CT molecular complexity index is 1030. The summed E-state index contributed by atoms with van der Waals surface area (Å²) in [5.41, 5.74) is 2.25. The summed E-state index contributed by atoms with van der Waals surface area (Å²) in [5, 5.41) is 9.48. The van der Waals surface area contributed by atoms with Gasteiger partial charge in [0.2, 0.25) is 0 Å². The summed E-state index contributed by atoms with van der Waals surface area (Å²) in [6, 6.07) is 14.8. The summed E-state index contributed by atoms with van der Waals surface area (Å²) in [5.74, 6) is 1.16. The first-order valence-corrected chi connectivity index (χ1v) is 8.94. The molecule has 0 spiro atoms. The molecule has 0 aliphatic rings. The van der Waals surface area contributed by atoms with E-state index in [9.17, 15) is 10.1 Å². The molecule has 0 saturated heterocycles. The number of benzene rings is 2. The predicted molar refractivity (Wildman–Crippen MR) is 105 cm³/mol. The van der Waals surface area contributed by atoms with E-state index in [-0.39, 0.29) is 12.2 Å². The molecular formula is C22H19N3O4. The maximum absolute atomic E-state index is 11.7. The van der Waals surface area contributed by atoms with Gasteiger partial charge in [-0.25, -0.2) is 14.8 Å². The third-order valence-corrected chi connectivity index (χ3v) is 4.07. The first kappa shape index (κ1) is 19.8. The summed E-state index contributed by atoms with van der Waals surface area (Å²) >= 11 is 0.